The van der Waals surface area contributed by atoms with Crippen molar-refractivity contribution in [1.82, 2.24) is 0 Å². The molecule has 6 aromatic rings. The van der Waals surface area contributed by atoms with Crippen LogP contribution in [0.1, 0.15) is 31.7 Å². The predicted molar refractivity (Wildman–Crippen MR) is 197 cm³/mol. The maximum atomic E-state index is 4.13. The molecule has 0 spiro atoms. The van der Waals surface area contributed by atoms with Crippen LogP contribution in [0.3, 0.4) is 0 Å². The molecule has 0 N–H and O–H groups in total. The normalized spacial score (nSPS) is 12.7. The van der Waals surface area contributed by atoms with Crippen molar-refractivity contribution >= 4 is 27.2 Å². The highest BCUT2D eigenvalue weighted by Gasteiger charge is 2.17. The first-order chi connectivity index (χ1) is 22.2. The van der Waals surface area contributed by atoms with E-state index >= 15 is 0 Å². The number of hydrogen-bond donors (Lipinski definition) is 0. The lowest BCUT2D eigenvalue weighted by Crippen LogP contribution is -2.13. The summed E-state index contributed by atoms with van der Waals surface area (Å²) in [6.07, 6.45) is 13.7. The Kier molecular flexibility index (Phi) is 9.18. The molecule has 0 saturated carbocycles. The van der Waals surface area contributed by atoms with Gasteiger partial charge in [0.2, 0.25) is 0 Å². The summed E-state index contributed by atoms with van der Waals surface area (Å²) in [6, 6.07) is 48.1. The molecule has 6 rings (SSSR count). The minimum Gasteiger partial charge on any atom is -0.321 e. The molecule has 0 bridgehead atoms. The topological polar surface area (TPSA) is 3.24 Å². The third kappa shape index (κ3) is 6.44. The van der Waals surface area contributed by atoms with E-state index in [2.05, 4.69) is 189 Å². The zero-order valence-corrected chi connectivity index (χ0v) is 26.1. The highest BCUT2D eigenvalue weighted by atomic mass is 15.1. The lowest BCUT2D eigenvalue weighted by Gasteiger charge is -2.24. The number of hydrogen-bond acceptors (Lipinski definition) is 1. The van der Waals surface area contributed by atoms with Crippen LogP contribution in [0.5, 0.6) is 0 Å². The molecule has 1 heteroatoms. The molecule has 0 saturated heterocycles. The van der Waals surface area contributed by atoms with Crippen molar-refractivity contribution in [3.8, 4) is 22.3 Å². The van der Waals surface area contributed by atoms with Crippen molar-refractivity contribution in [1.29, 1.82) is 0 Å². The second kappa shape index (κ2) is 13.9. The zero-order valence-electron chi connectivity index (χ0n) is 26.1. The highest BCUT2D eigenvalue weighted by molar-refractivity contribution is 6.14. The molecule has 0 aliphatic rings. The molecule has 1 unspecified atom stereocenters. The van der Waals surface area contributed by atoms with Crippen LogP contribution in [-0.2, 0) is 0 Å². The fourth-order valence-electron chi connectivity index (χ4n) is 6.17. The van der Waals surface area contributed by atoms with Gasteiger partial charge in [0.25, 0.3) is 0 Å². The molecule has 0 radical (unpaired) electrons. The van der Waals surface area contributed by atoms with E-state index in [1.807, 2.05) is 6.08 Å². The summed E-state index contributed by atoms with van der Waals surface area (Å²) in [7, 11) is 0. The van der Waals surface area contributed by atoms with Crippen molar-refractivity contribution < 1.29 is 0 Å². The third-order valence-electron chi connectivity index (χ3n) is 8.47. The molecule has 6 aromatic carbocycles. The van der Waals surface area contributed by atoms with Crippen LogP contribution in [0.25, 0.3) is 43.8 Å². The first kappa shape index (κ1) is 29.7. The summed E-state index contributed by atoms with van der Waals surface area (Å²) in [6.45, 7) is 8.35. The molecule has 220 valence electrons. The molecular weight excluding hydrogens is 542 g/mol. The zero-order chi connectivity index (χ0) is 31.0. The third-order valence-corrected chi connectivity index (χ3v) is 8.47. The van der Waals surface area contributed by atoms with Crippen LogP contribution in [0.4, 0.5) is 5.69 Å². The summed E-state index contributed by atoms with van der Waals surface area (Å²) in [5.74, 6) is 0.256. The number of anilines is 1. The van der Waals surface area contributed by atoms with E-state index in [1.54, 1.807) is 0 Å². The fraction of sp³-hybridized carbons (Fsp3) is 0.0909. The molecular formula is C44H39N. The lowest BCUT2D eigenvalue weighted by atomic mass is 9.87. The maximum Gasteiger partial charge on any atom is 0.0458 e. The van der Waals surface area contributed by atoms with Crippen LogP contribution in [0.2, 0.25) is 0 Å². The minimum absolute atomic E-state index is 0.256. The van der Waals surface area contributed by atoms with Gasteiger partial charge in [0.15, 0.2) is 0 Å². The van der Waals surface area contributed by atoms with Gasteiger partial charge in [0.1, 0.15) is 0 Å². The van der Waals surface area contributed by atoms with E-state index in [1.165, 1.54) is 49.4 Å². The van der Waals surface area contributed by atoms with Gasteiger partial charge in [-0.1, -0.05) is 140 Å². The molecule has 0 heterocycles. The Morgan fingerprint density at radius 2 is 1.33 bits per heavy atom. The van der Waals surface area contributed by atoms with Crippen LogP contribution in [0, 0.1) is 0 Å². The van der Waals surface area contributed by atoms with Gasteiger partial charge in [0, 0.05) is 23.5 Å². The van der Waals surface area contributed by atoms with Crippen molar-refractivity contribution in [2.45, 2.75) is 26.2 Å². The van der Waals surface area contributed by atoms with Crippen molar-refractivity contribution in [3.63, 3.8) is 0 Å². The molecule has 45 heavy (non-hydrogen) atoms. The standard InChI is InChI=1S/C44H39N/c1-4-6-18-33(3)45(30-17-25-34(5-2)35-19-9-7-10-20-35)39-28-29-42(43(32-39)36-21-11-8-12-22-36)44-40-26-15-13-23-37(40)31-38-24-14-16-27-41(38)44/h4-24,26-32,34H,2,25H2,1,3H3/b6-4-,30-17+,33-18+. The Hall–Kier alpha value is -5.40. The summed E-state index contributed by atoms with van der Waals surface area (Å²) in [5, 5.41) is 5.02. The van der Waals surface area contributed by atoms with E-state index < -0.39 is 0 Å². The molecule has 0 aliphatic heterocycles. The first-order valence-corrected chi connectivity index (χ1v) is 15.7. The number of nitrogens with zero attached hydrogens (tertiary/aromatic N) is 1. The van der Waals surface area contributed by atoms with Crippen molar-refractivity contribution in [2.24, 2.45) is 0 Å². The Labute approximate surface area is 267 Å². The summed E-state index contributed by atoms with van der Waals surface area (Å²) >= 11 is 0. The number of rotatable bonds is 10. The van der Waals surface area contributed by atoms with E-state index in [-0.39, 0.29) is 5.92 Å². The van der Waals surface area contributed by atoms with E-state index in [4.69, 9.17) is 0 Å². The lowest BCUT2D eigenvalue weighted by molar-refractivity contribution is 0.862. The van der Waals surface area contributed by atoms with Gasteiger partial charge >= 0.3 is 0 Å². The molecule has 0 amide bonds. The molecule has 1 nitrogen and oxygen atoms in total. The molecule has 0 aromatic heterocycles. The van der Waals surface area contributed by atoms with Crippen LogP contribution >= 0.6 is 0 Å². The summed E-state index contributed by atoms with van der Waals surface area (Å²) < 4.78 is 0. The monoisotopic (exact) mass is 581 g/mol. The number of allylic oxidation sites excluding steroid dienone is 6. The van der Waals surface area contributed by atoms with Crippen molar-refractivity contribution in [2.75, 3.05) is 4.90 Å². The Morgan fingerprint density at radius 1 is 0.711 bits per heavy atom. The Bertz CT molecular complexity index is 1960. The molecule has 1 atom stereocenters. The van der Waals surface area contributed by atoms with Crippen LogP contribution < -0.4 is 4.90 Å². The summed E-state index contributed by atoms with van der Waals surface area (Å²) in [4.78, 5) is 2.29. The van der Waals surface area contributed by atoms with Crippen LogP contribution in [0.15, 0.2) is 182 Å². The van der Waals surface area contributed by atoms with E-state index in [0.29, 0.717) is 0 Å². The largest absolute Gasteiger partial charge is 0.321 e. The SMILES string of the molecule is C=CC(C/C=C/N(/C(C)=C/C=C\C)c1ccc(-c2c3ccccc3cc3ccccc23)c(-c2ccccc2)c1)c1ccccc1. The maximum absolute atomic E-state index is 4.13. The Balaban J connectivity index is 1.51. The smallest absolute Gasteiger partial charge is 0.0458 e. The molecule has 0 aliphatic carbocycles. The van der Waals surface area contributed by atoms with Crippen LogP contribution in [-0.4, -0.2) is 0 Å². The average Bonchev–Trinajstić information content (AvgIpc) is 3.10. The quantitative estimate of drug-likeness (QED) is 0.0883. The van der Waals surface area contributed by atoms with Crippen molar-refractivity contribution in [3.05, 3.63) is 188 Å². The summed E-state index contributed by atoms with van der Waals surface area (Å²) in [5.41, 5.74) is 8.44. The highest BCUT2D eigenvalue weighted by Crippen LogP contribution is 2.43. The first-order valence-electron chi connectivity index (χ1n) is 15.7. The van der Waals surface area contributed by atoms with Gasteiger partial charge in [-0.25, -0.2) is 0 Å². The average molecular weight is 582 g/mol. The second-order valence-electron chi connectivity index (χ2n) is 11.4. The number of fused-ring (bicyclic) bond motifs is 2. The minimum atomic E-state index is 0.256. The van der Waals surface area contributed by atoms with Gasteiger partial charge in [-0.3, -0.25) is 0 Å². The Morgan fingerprint density at radius 3 is 1.98 bits per heavy atom. The van der Waals surface area contributed by atoms with Gasteiger partial charge in [-0.2, -0.15) is 0 Å². The van der Waals surface area contributed by atoms with Gasteiger partial charge in [-0.05, 0) is 93.9 Å². The number of benzene rings is 6. The fourth-order valence-corrected chi connectivity index (χ4v) is 6.17. The predicted octanol–water partition coefficient (Wildman–Crippen LogP) is 12.5. The molecule has 0 fully saturated rings. The van der Waals surface area contributed by atoms with E-state index in [0.717, 1.165) is 17.8 Å². The van der Waals surface area contributed by atoms with Gasteiger partial charge in [-0.15, -0.1) is 6.58 Å². The second-order valence-corrected chi connectivity index (χ2v) is 11.4. The van der Waals surface area contributed by atoms with Gasteiger partial charge < -0.3 is 4.90 Å². The van der Waals surface area contributed by atoms with E-state index in [9.17, 15) is 0 Å². The van der Waals surface area contributed by atoms with Gasteiger partial charge in [0.05, 0.1) is 0 Å².